The minimum Gasteiger partial charge on any atom is -0.386 e. The van der Waals surface area contributed by atoms with Crippen molar-refractivity contribution in [2.75, 3.05) is 0 Å². The number of aryl methyl sites for hydroxylation is 1. The second-order valence-electron chi connectivity index (χ2n) is 3.31. The van der Waals surface area contributed by atoms with E-state index >= 15 is 0 Å². The molecule has 13 heavy (non-hydrogen) atoms. The van der Waals surface area contributed by atoms with Crippen molar-refractivity contribution >= 4 is 17.6 Å². The molecule has 1 aromatic heterocycles. The van der Waals surface area contributed by atoms with E-state index in [0.717, 1.165) is 6.29 Å². The lowest BCUT2D eigenvalue weighted by molar-refractivity contribution is 0.112. The fourth-order valence-electron chi connectivity index (χ4n) is 0.951. The topological polar surface area (TPSA) is 50.2 Å². The predicted octanol–water partition coefficient (Wildman–Crippen LogP) is 1.95. The molecule has 0 aliphatic rings. The van der Waals surface area contributed by atoms with Gasteiger partial charge in [0.15, 0.2) is 6.29 Å². The lowest BCUT2D eigenvalue weighted by Gasteiger charge is -2.09. The first-order valence-corrected chi connectivity index (χ1v) is 4.98. The van der Waals surface area contributed by atoms with Gasteiger partial charge in [0.2, 0.25) is 0 Å². The monoisotopic (exact) mass is 199 g/mol. The Hall–Kier alpha value is -0.740. The number of aromatic nitrogens is 1. The van der Waals surface area contributed by atoms with Crippen molar-refractivity contribution in [3.05, 3.63) is 15.6 Å². The quantitative estimate of drug-likeness (QED) is 0.757. The molecule has 4 heteroatoms. The molecule has 0 aliphatic heterocycles. The molecule has 0 saturated heterocycles. The SMILES string of the molecule is Cc1nc(C(O)C(C)C)sc1C=O. The molecule has 0 spiro atoms. The summed E-state index contributed by atoms with van der Waals surface area (Å²) in [6.07, 6.45) is 0.223. The molecule has 1 atom stereocenters. The molecular formula is C9H13NO2S. The standard InChI is InChI=1S/C9H13NO2S/c1-5(2)8(12)9-10-6(3)7(4-11)13-9/h4-5,8,12H,1-3H3. The normalized spacial score (nSPS) is 13.3. The second-order valence-corrected chi connectivity index (χ2v) is 4.37. The molecule has 0 aromatic carbocycles. The molecule has 0 amide bonds. The number of thiazole rings is 1. The minimum atomic E-state index is -0.558. The number of hydrogen-bond acceptors (Lipinski definition) is 4. The number of rotatable bonds is 3. The Balaban J connectivity index is 2.96. The van der Waals surface area contributed by atoms with E-state index in [9.17, 15) is 9.90 Å². The maximum atomic E-state index is 10.5. The number of aldehydes is 1. The Bertz CT molecular complexity index is 307. The molecule has 0 saturated carbocycles. The van der Waals surface area contributed by atoms with Crippen LogP contribution in [0.1, 0.15) is 40.3 Å². The Labute approximate surface area is 81.4 Å². The summed E-state index contributed by atoms with van der Waals surface area (Å²) in [6, 6.07) is 0. The van der Waals surface area contributed by atoms with E-state index in [1.165, 1.54) is 11.3 Å². The third-order valence-corrected chi connectivity index (χ3v) is 2.99. The second kappa shape index (κ2) is 3.98. The average Bonchev–Trinajstić information content (AvgIpc) is 2.45. The van der Waals surface area contributed by atoms with Gasteiger partial charge in [-0.15, -0.1) is 11.3 Å². The molecule has 1 heterocycles. The van der Waals surface area contributed by atoms with Crippen LogP contribution in [0.25, 0.3) is 0 Å². The van der Waals surface area contributed by atoms with Crippen molar-refractivity contribution in [1.29, 1.82) is 0 Å². The van der Waals surface area contributed by atoms with E-state index in [-0.39, 0.29) is 5.92 Å². The summed E-state index contributed by atoms with van der Waals surface area (Å²) < 4.78 is 0. The molecule has 1 N–H and O–H groups in total. The number of nitrogens with zero attached hydrogens (tertiary/aromatic N) is 1. The van der Waals surface area contributed by atoms with Crippen LogP contribution in [0.3, 0.4) is 0 Å². The maximum Gasteiger partial charge on any atom is 0.161 e. The zero-order chi connectivity index (χ0) is 10.0. The molecule has 0 radical (unpaired) electrons. The van der Waals surface area contributed by atoms with Crippen molar-refractivity contribution in [3.8, 4) is 0 Å². The van der Waals surface area contributed by atoms with Gasteiger partial charge in [0.05, 0.1) is 10.6 Å². The molecule has 1 rings (SSSR count). The molecule has 0 aliphatic carbocycles. The van der Waals surface area contributed by atoms with Crippen LogP contribution in [0, 0.1) is 12.8 Å². The molecular weight excluding hydrogens is 186 g/mol. The highest BCUT2D eigenvalue weighted by Crippen LogP contribution is 2.26. The third-order valence-electron chi connectivity index (χ3n) is 1.84. The number of carbonyl (C=O) groups excluding carboxylic acids is 1. The summed E-state index contributed by atoms with van der Waals surface area (Å²) >= 11 is 1.27. The highest BCUT2D eigenvalue weighted by Gasteiger charge is 2.17. The van der Waals surface area contributed by atoms with Crippen molar-refractivity contribution in [2.24, 2.45) is 5.92 Å². The highest BCUT2D eigenvalue weighted by atomic mass is 32.1. The van der Waals surface area contributed by atoms with E-state index in [0.29, 0.717) is 15.6 Å². The number of aliphatic hydroxyl groups excluding tert-OH is 1. The van der Waals surface area contributed by atoms with Crippen molar-refractivity contribution in [1.82, 2.24) is 4.98 Å². The zero-order valence-electron chi connectivity index (χ0n) is 7.94. The van der Waals surface area contributed by atoms with Gasteiger partial charge in [0.1, 0.15) is 11.1 Å². The van der Waals surface area contributed by atoms with Gasteiger partial charge in [-0.3, -0.25) is 4.79 Å². The van der Waals surface area contributed by atoms with Crippen LogP contribution in [-0.2, 0) is 0 Å². The predicted molar refractivity (Wildman–Crippen MR) is 52.0 cm³/mol. The van der Waals surface area contributed by atoms with Crippen LogP contribution in [-0.4, -0.2) is 16.4 Å². The molecule has 0 fully saturated rings. The summed E-state index contributed by atoms with van der Waals surface area (Å²) in [5.41, 5.74) is 0.703. The largest absolute Gasteiger partial charge is 0.386 e. The lowest BCUT2D eigenvalue weighted by atomic mass is 10.1. The van der Waals surface area contributed by atoms with Gasteiger partial charge in [-0.05, 0) is 12.8 Å². The van der Waals surface area contributed by atoms with Gasteiger partial charge >= 0.3 is 0 Å². The molecule has 1 unspecified atom stereocenters. The van der Waals surface area contributed by atoms with Crippen LogP contribution in [0.4, 0.5) is 0 Å². The van der Waals surface area contributed by atoms with Crippen molar-refractivity contribution in [3.63, 3.8) is 0 Å². The van der Waals surface area contributed by atoms with Gasteiger partial charge in [-0.25, -0.2) is 4.98 Å². The number of aliphatic hydroxyl groups is 1. The van der Waals surface area contributed by atoms with E-state index < -0.39 is 6.10 Å². The van der Waals surface area contributed by atoms with Crippen molar-refractivity contribution < 1.29 is 9.90 Å². The Morgan fingerprint density at radius 1 is 1.54 bits per heavy atom. The van der Waals surface area contributed by atoms with E-state index in [2.05, 4.69) is 4.98 Å². The van der Waals surface area contributed by atoms with Crippen LogP contribution < -0.4 is 0 Å². The van der Waals surface area contributed by atoms with E-state index in [4.69, 9.17) is 0 Å². The summed E-state index contributed by atoms with van der Waals surface area (Å²) in [5.74, 6) is 0.130. The Morgan fingerprint density at radius 3 is 2.54 bits per heavy atom. The van der Waals surface area contributed by atoms with Gasteiger partial charge in [-0.2, -0.15) is 0 Å². The van der Waals surface area contributed by atoms with Gasteiger partial charge in [0, 0.05) is 0 Å². The molecule has 1 aromatic rings. The first-order valence-electron chi connectivity index (χ1n) is 4.16. The average molecular weight is 199 g/mol. The Morgan fingerprint density at radius 2 is 2.15 bits per heavy atom. The summed E-state index contributed by atoms with van der Waals surface area (Å²) in [6.45, 7) is 5.61. The first kappa shape index (κ1) is 10.3. The van der Waals surface area contributed by atoms with Crippen molar-refractivity contribution in [2.45, 2.75) is 26.9 Å². The van der Waals surface area contributed by atoms with Gasteiger partial charge < -0.3 is 5.11 Å². The number of hydrogen-bond donors (Lipinski definition) is 1. The number of carbonyl (C=O) groups is 1. The van der Waals surface area contributed by atoms with Crippen LogP contribution in [0.15, 0.2) is 0 Å². The summed E-state index contributed by atoms with van der Waals surface area (Å²) in [7, 11) is 0. The smallest absolute Gasteiger partial charge is 0.161 e. The van der Waals surface area contributed by atoms with Crippen LogP contribution in [0.2, 0.25) is 0 Å². The molecule has 3 nitrogen and oxygen atoms in total. The van der Waals surface area contributed by atoms with Crippen LogP contribution in [0.5, 0.6) is 0 Å². The fraction of sp³-hybridized carbons (Fsp3) is 0.556. The fourth-order valence-corrected chi connectivity index (χ4v) is 1.99. The van der Waals surface area contributed by atoms with E-state index in [1.807, 2.05) is 13.8 Å². The molecule has 72 valence electrons. The lowest BCUT2D eigenvalue weighted by Crippen LogP contribution is -2.04. The summed E-state index contributed by atoms with van der Waals surface area (Å²) in [5, 5.41) is 10.3. The van der Waals surface area contributed by atoms with Crippen LogP contribution >= 0.6 is 11.3 Å². The maximum absolute atomic E-state index is 10.5. The van der Waals surface area contributed by atoms with Gasteiger partial charge in [-0.1, -0.05) is 13.8 Å². The van der Waals surface area contributed by atoms with Gasteiger partial charge in [0.25, 0.3) is 0 Å². The highest BCUT2D eigenvalue weighted by molar-refractivity contribution is 7.13. The molecule has 0 bridgehead atoms. The zero-order valence-corrected chi connectivity index (χ0v) is 8.76. The Kier molecular flexibility index (Phi) is 3.17. The summed E-state index contributed by atoms with van der Waals surface area (Å²) in [4.78, 5) is 15.3. The first-order chi connectivity index (χ1) is 6.06. The third kappa shape index (κ3) is 2.14. The van der Waals surface area contributed by atoms with E-state index in [1.54, 1.807) is 6.92 Å². The minimum absolute atomic E-state index is 0.130.